The zero-order chi connectivity index (χ0) is 19.8. The highest BCUT2D eigenvalue weighted by Crippen LogP contribution is 2.34. The van der Waals surface area contributed by atoms with E-state index in [1.165, 1.54) is 17.1 Å². The van der Waals surface area contributed by atoms with Crippen molar-refractivity contribution < 1.29 is 9.90 Å². The molecule has 2 heterocycles. The Morgan fingerprint density at radius 2 is 1.96 bits per heavy atom. The predicted molar refractivity (Wildman–Crippen MR) is 111 cm³/mol. The summed E-state index contributed by atoms with van der Waals surface area (Å²) < 4.78 is 1.37. The van der Waals surface area contributed by atoms with E-state index in [0.29, 0.717) is 32.3 Å². The Kier molecular flexibility index (Phi) is 5.25. The summed E-state index contributed by atoms with van der Waals surface area (Å²) in [6, 6.07) is 9.17. The Morgan fingerprint density at radius 3 is 2.68 bits per heavy atom. The molecule has 0 atom stereocenters. The molecule has 0 aliphatic rings. The Bertz CT molecular complexity index is 1200. The third-order valence-corrected chi connectivity index (χ3v) is 6.24. The van der Waals surface area contributed by atoms with Gasteiger partial charge in [0.25, 0.3) is 0 Å². The van der Waals surface area contributed by atoms with Crippen LogP contribution in [0.2, 0.25) is 15.1 Å². The van der Waals surface area contributed by atoms with Gasteiger partial charge >= 0.3 is 5.97 Å². The molecular weight excluding hydrogens is 443 g/mol. The molecule has 6 nitrogen and oxygen atoms in total. The minimum atomic E-state index is -1.05. The number of fused-ring (bicyclic) bond motifs is 1. The van der Waals surface area contributed by atoms with Gasteiger partial charge in [0.15, 0.2) is 0 Å². The highest BCUT2D eigenvalue weighted by Gasteiger charge is 2.13. The van der Waals surface area contributed by atoms with E-state index in [4.69, 9.17) is 39.9 Å². The summed E-state index contributed by atoms with van der Waals surface area (Å²) in [4.78, 5) is 19.5. The lowest BCUT2D eigenvalue weighted by Gasteiger charge is -2.05. The van der Waals surface area contributed by atoms with Crippen LogP contribution in [-0.4, -0.2) is 30.8 Å². The van der Waals surface area contributed by atoms with E-state index in [1.807, 2.05) is 18.2 Å². The number of halogens is 3. The van der Waals surface area contributed by atoms with Crippen molar-refractivity contribution in [2.24, 2.45) is 0 Å². The fourth-order valence-electron chi connectivity index (χ4n) is 2.56. The largest absolute Gasteiger partial charge is 0.478 e. The zero-order valence-electron chi connectivity index (χ0n) is 14.0. The summed E-state index contributed by atoms with van der Waals surface area (Å²) in [5.41, 5.74) is 2.53. The molecule has 10 heteroatoms. The van der Waals surface area contributed by atoms with Gasteiger partial charge in [0.05, 0.1) is 37.9 Å². The fraction of sp³-hybridized carbons (Fsp3) is 0.0556. The van der Waals surface area contributed by atoms with E-state index in [1.54, 1.807) is 23.9 Å². The van der Waals surface area contributed by atoms with Crippen LogP contribution in [-0.2, 0) is 5.75 Å². The van der Waals surface area contributed by atoms with Crippen LogP contribution in [0.5, 0.6) is 0 Å². The van der Waals surface area contributed by atoms with Gasteiger partial charge in [-0.2, -0.15) is 5.10 Å². The maximum Gasteiger partial charge on any atom is 0.338 e. The van der Waals surface area contributed by atoms with Gasteiger partial charge in [-0.3, -0.25) is 0 Å². The van der Waals surface area contributed by atoms with E-state index in [9.17, 15) is 4.79 Å². The number of carboxylic acid groups (broad SMARTS) is 1. The molecule has 0 amide bonds. The normalized spacial score (nSPS) is 11.2. The van der Waals surface area contributed by atoms with Gasteiger partial charge in [0.1, 0.15) is 0 Å². The molecule has 28 heavy (non-hydrogen) atoms. The number of hydrogen-bond donors (Lipinski definition) is 2. The van der Waals surface area contributed by atoms with Crippen LogP contribution in [0.4, 0.5) is 0 Å². The molecule has 4 rings (SSSR count). The lowest BCUT2D eigenvalue weighted by Crippen LogP contribution is -1.97. The Labute approximate surface area is 178 Å². The Hall–Kier alpha value is -2.19. The summed E-state index contributed by atoms with van der Waals surface area (Å²) in [5, 5.41) is 14.7. The number of nitrogens with zero attached hydrogens (tertiary/aromatic N) is 3. The lowest BCUT2D eigenvalue weighted by molar-refractivity contribution is 0.0697. The first-order chi connectivity index (χ1) is 13.4. The van der Waals surface area contributed by atoms with Gasteiger partial charge in [-0.05, 0) is 29.8 Å². The number of thioether (sulfide) groups is 1. The monoisotopic (exact) mass is 452 g/mol. The topological polar surface area (TPSA) is 83.8 Å². The minimum absolute atomic E-state index is 0.0800. The molecule has 0 radical (unpaired) electrons. The molecule has 0 unspecified atom stereocenters. The number of carbonyl (C=O) groups is 1. The zero-order valence-corrected chi connectivity index (χ0v) is 17.1. The highest BCUT2D eigenvalue weighted by molar-refractivity contribution is 7.98. The number of aromatic amines is 1. The molecule has 2 N–H and O–H groups in total. The van der Waals surface area contributed by atoms with Gasteiger partial charge in [0.2, 0.25) is 5.95 Å². The van der Waals surface area contributed by atoms with Crippen molar-refractivity contribution in [1.82, 2.24) is 19.7 Å². The number of aromatic carboxylic acids is 1. The number of benzene rings is 2. The van der Waals surface area contributed by atoms with Crippen molar-refractivity contribution in [3.05, 3.63) is 68.9 Å². The van der Waals surface area contributed by atoms with Gasteiger partial charge in [-0.15, -0.1) is 11.8 Å². The maximum absolute atomic E-state index is 11.0. The van der Waals surface area contributed by atoms with E-state index < -0.39 is 5.97 Å². The average Bonchev–Trinajstić information content (AvgIpc) is 3.29. The standard InChI is InChI=1S/C18H11Cl3N4O2S/c19-11-2-1-9(3-12(11)20)8-28-16-5-15-14(4-13(16)21)23-18(24-15)25-7-10(6-22-25)17(26)27/h1-7H,8H2,(H,23,24)(H,26,27). The van der Waals surface area contributed by atoms with Crippen molar-refractivity contribution in [3.8, 4) is 5.95 Å². The van der Waals surface area contributed by atoms with Crippen LogP contribution in [0.25, 0.3) is 17.0 Å². The number of carboxylic acids is 1. The molecule has 0 saturated carbocycles. The van der Waals surface area contributed by atoms with Crippen LogP contribution in [0.3, 0.4) is 0 Å². The average molecular weight is 454 g/mol. The minimum Gasteiger partial charge on any atom is -0.478 e. The molecule has 4 aromatic rings. The number of imidazole rings is 1. The lowest BCUT2D eigenvalue weighted by atomic mass is 10.2. The van der Waals surface area contributed by atoms with Crippen LogP contribution < -0.4 is 0 Å². The van der Waals surface area contributed by atoms with E-state index >= 15 is 0 Å². The second kappa shape index (κ2) is 7.67. The highest BCUT2D eigenvalue weighted by atomic mass is 35.5. The molecular formula is C18H11Cl3N4O2S. The van der Waals surface area contributed by atoms with Crippen molar-refractivity contribution in [2.45, 2.75) is 10.6 Å². The van der Waals surface area contributed by atoms with Crippen molar-refractivity contribution in [1.29, 1.82) is 0 Å². The molecule has 0 aliphatic heterocycles. The number of H-pyrrole nitrogens is 1. The Balaban J connectivity index is 1.60. The summed E-state index contributed by atoms with van der Waals surface area (Å²) in [5.74, 6) is 0.0251. The smallest absolute Gasteiger partial charge is 0.338 e. The fourth-order valence-corrected chi connectivity index (χ4v) is 4.10. The van der Waals surface area contributed by atoms with Gasteiger partial charge in [0, 0.05) is 16.8 Å². The second-order valence-corrected chi connectivity index (χ2v) is 8.11. The van der Waals surface area contributed by atoms with Crippen LogP contribution in [0, 0.1) is 0 Å². The first-order valence-corrected chi connectivity index (χ1v) is 10.1. The van der Waals surface area contributed by atoms with Crippen molar-refractivity contribution in [2.75, 3.05) is 0 Å². The molecule has 0 fully saturated rings. The summed E-state index contributed by atoms with van der Waals surface area (Å²) in [7, 11) is 0. The SMILES string of the molecule is O=C(O)c1cnn(-c2nc3cc(SCc4ccc(Cl)c(Cl)c4)c(Cl)cc3[nH]2)c1. The first kappa shape index (κ1) is 19.1. The molecule has 2 aromatic heterocycles. The number of aromatic nitrogens is 4. The summed E-state index contributed by atoms with van der Waals surface area (Å²) in [6.45, 7) is 0. The van der Waals surface area contributed by atoms with E-state index in [2.05, 4.69) is 15.1 Å². The summed E-state index contributed by atoms with van der Waals surface area (Å²) >= 11 is 20.0. The number of rotatable bonds is 5. The molecule has 0 aliphatic carbocycles. The second-order valence-electron chi connectivity index (χ2n) is 5.88. The van der Waals surface area contributed by atoms with Gasteiger partial charge in [-0.1, -0.05) is 40.9 Å². The summed E-state index contributed by atoms with van der Waals surface area (Å²) in [6.07, 6.45) is 2.66. The molecule has 0 bridgehead atoms. The van der Waals surface area contributed by atoms with Crippen molar-refractivity contribution in [3.63, 3.8) is 0 Å². The first-order valence-electron chi connectivity index (χ1n) is 7.95. The van der Waals surface area contributed by atoms with Crippen LogP contribution in [0.1, 0.15) is 15.9 Å². The third-order valence-electron chi connectivity index (χ3n) is 3.95. The number of hydrogen-bond acceptors (Lipinski definition) is 4. The molecule has 2 aromatic carbocycles. The number of nitrogens with one attached hydrogen (secondary N) is 1. The van der Waals surface area contributed by atoms with E-state index in [-0.39, 0.29) is 5.56 Å². The third kappa shape index (κ3) is 3.84. The quantitative estimate of drug-likeness (QED) is 0.379. The molecule has 0 spiro atoms. The van der Waals surface area contributed by atoms with Crippen molar-refractivity contribution >= 4 is 63.6 Å². The maximum atomic E-state index is 11.0. The van der Waals surface area contributed by atoms with E-state index in [0.717, 1.165) is 16.0 Å². The molecule has 142 valence electrons. The van der Waals surface area contributed by atoms with Crippen LogP contribution >= 0.6 is 46.6 Å². The van der Waals surface area contributed by atoms with Gasteiger partial charge < -0.3 is 10.1 Å². The van der Waals surface area contributed by atoms with Gasteiger partial charge in [-0.25, -0.2) is 14.5 Å². The van der Waals surface area contributed by atoms with Crippen LogP contribution in [0.15, 0.2) is 47.6 Å². The predicted octanol–water partition coefficient (Wildman–Crippen LogP) is 5.70. The molecule has 0 saturated heterocycles. The Morgan fingerprint density at radius 1 is 1.14 bits per heavy atom.